The van der Waals surface area contributed by atoms with Crippen molar-refractivity contribution in [2.45, 2.75) is 52.1 Å². The molecule has 2 amide bonds. The summed E-state index contributed by atoms with van der Waals surface area (Å²) in [7, 11) is 0. The smallest absolute Gasteiger partial charge is 0.317 e. The zero-order valence-electron chi connectivity index (χ0n) is 12.5. The Hall–Kier alpha value is -1.55. The van der Waals surface area contributed by atoms with Crippen LogP contribution in [0.1, 0.15) is 43.7 Å². The summed E-state index contributed by atoms with van der Waals surface area (Å²) in [5, 5.41) is 4.82. The summed E-state index contributed by atoms with van der Waals surface area (Å²) in [5.74, 6) is 0.759. The molecule has 4 nitrogen and oxygen atoms in total. The Morgan fingerprint density at radius 2 is 1.90 bits per heavy atom. The summed E-state index contributed by atoms with van der Waals surface area (Å²) in [6, 6.07) is 6.09. The molecule has 3 rings (SSSR count). The third-order valence-corrected chi connectivity index (χ3v) is 4.75. The quantitative estimate of drug-likeness (QED) is 0.825. The fraction of sp³-hybridized carbons (Fsp3) is 0.562. The molecular weight excluding hydrogens is 250 g/mol. The molecule has 108 valence electrons. The lowest BCUT2D eigenvalue weighted by molar-refractivity contribution is 0.193. The first kappa shape index (κ1) is 13.4. The van der Waals surface area contributed by atoms with Gasteiger partial charge in [-0.25, -0.2) is 15.2 Å². The number of amides is 2. The van der Waals surface area contributed by atoms with E-state index >= 15 is 0 Å². The monoisotopic (exact) mass is 273 g/mol. The number of urea groups is 1. The zero-order valence-corrected chi connectivity index (χ0v) is 12.5. The molecule has 1 aromatic carbocycles. The van der Waals surface area contributed by atoms with Crippen LogP contribution in [0.4, 0.5) is 10.5 Å². The van der Waals surface area contributed by atoms with Crippen LogP contribution >= 0.6 is 0 Å². The van der Waals surface area contributed by atoms with Crippen LogP contribution in [-0.2, 0) is 0 Å². The van der Waals surface area contributed by atoms with Gasteiger partial charge in [0.05, 0.1) is 5.69 Å². The van der Waals surface area contributed by atoms with Gasteiger partial charge in [-0.05, 0) is 68.7 Å². The van der Waals surface area contributed by atoms with Crippen molar-refractivity contribution in [3.05, 3.63) is 29.3 Å². The van der Waals surface area contributed by atoms with Crippen LogP contribution in [0.3, 0.4) is 0 Å². The normalized spacial score (nSPS) is 29.9. The average molecular weight is 273 g/mol. The van der Waals surface area contributed by atoms with E-state index < -0.39 is 0 Å². The number of nitrogens with one attached hydrogen (secondary N) is 2. The van der Waals surface area contributed by atoms with E-state index in [1.165, 1.54) is 11.1 Å². The van der Waals surface area contributed by atoms with Gasteiger partial charge in [0.25, 0.3) is 0 Å². The van der Waals surface area contributed by atoms with Gasteiger partial charge in [-0.15, -0.1) is 0 Å². The molecule has 1 heterocycles. The molecule has 1 saturated carbocycles. The molecule has 1 spiro atoms. The van der Waals surface area contributed by atoms with Crippen LogP contribution in [0.2, 0.25) is 0 Å². The molecular formula is C16H23N3O. The van der Waals surface area contributed by atoms with Crippen LogP contribution in [0.5, 0.6) is 0 Å². The molecule has 0 bridgehead atoms. The van der Waals surface area contributed by atoms with E-state index in [1.54, 1.807) is 5.01 Å². The second-order valence-corrected chi connectivity index (χ2v) is 6.41. The van der Waals surface area contributed by atoms with Crippen molar-refractivity contribution >= 4 is 11.7 Å². The number of carbonyl (C=O) groups excluding carboxylic acids is 1. The van der Waals surface area contributed by atoms with Gasteiger partial charge in [0.1, 0.15) is 5.66 Å². The maximum absolute atomic E-state index is 12.3. The highest BCUT2D eigenvalue weighted by atomic mass is 16.2. The number of hydrogen-bond donors (Lipinski definition) is 2. The maximum atomic E-state index is 12.3. The van der Waals surface area contributed by atoms with Crippen LogP contribution in [0.15, 0.2) is 18.2 Å². The van der Waals surface area contributed by atoms with Crippen LogP contribution < -0.4 is 15.8 Å². The summed E-state index contributed by atoms with van der Waals surface area (Å²) < 4.78 is 0. The van der Waals surface area contributed by atoms with E-state index in [1.807, 2.05) is 6.07 Å². The molecule has 20 heavy (non-hydrogen) atoms. The van der Waals surface area contributed by atoms with Crippen LogP contribution in [-0.4, -0.2) is 11.7 Å². The number of carbonyl (C=O) groups is 1. The maximum Gasteiger partial charge on any atom is 0.338 e. The third kappa shape index (κ3) is 2.29. The molecule has 0 atom stereocenters. The van der Waals surface area contributed by atoms with Crippen molar-refractivity contribution in [2.75, 3.05) is 5.01 Å². The topological polar surface area (TPSA) is 44.4 Å². The highest BCUT2D eigenvalue weighted by Crippen LogP contribution is 2.34. The molecule has 0 radical (unpaired) electrons. The Balaban J connectivity index is 1.81. The third-order valence-electron chi connectivity index (χ3n) is 4.75. The Morgan fingerprint density at radius 3 is 2.55 bits per heavy atom. The number of hydrazine groups is 1. The average Bonchev–Trinajstić information content (AvgIpc) is 2.74. The minimum atomic E-state index is -0.234. The number of benzene rings is 1. The van der Waals surface area contributed by atoms with Gasteiger partial charge < -0.3 is 5.32 Å². The molecule has 0 unspecified atom stereocenters. The molecule has 2 fully saturated rings. The second kappa shape index (κ2) is 4.77. The fourth-order valence-electron chi connectivity index (χ4n) is 3.09. The standard InChI is InChI=1S/C16H23N3O/c1-11-6-8-16(9-7-11)17-15(20)19(18-16)14-5-4-12(2)13(3)10-14/h4-5,10-11,18H,6-9H2,1-3H3,(H,17,20). The number of nitrogens with zero attached hydrogens (tertiary/aromatic N) is 1. The second-order valence-electron chi connectivity index (χ2n) is 6.41. The van der Waals surface area contributed by atoms with Gasteiger partial charge in [0, 0.05) is 0 Å². The van der Waals surface area contributed by atoms with Gasteiger partial charge in [-0.2, -0.15) is 0 Å². The first-order valence-electron chi connectivity index (χ1n) is 7.46. The lowest BCUT2D eigenvalue weighted by atomic mass is 9.83. The minimum absolute atomic E-state index is 0.0391. The number of aryl methyl sites for hydroxylation is 2. The lowest BCUT2D eigenvalue weighted by Crippen LogP contribution is -2.53. The number of hydrogen-bond acceptors (Lipinski definition) is 2. The van der Waals surface area contributed by atoms with Crippen molar-refractivity contribution < 1.29 is 4.79 Å². The Bertz CT molecular complexity index is 533. The van der Waals surface area contributed by atoms with Crippen molar-refractivity contribution in [3.8, 4) is 0 Å². The van der Waals surface area contributed by atoms with Crippen molar-refractivity contribution in [1.29, 1.82) is 0 Å². The summed E-state index contributed by atoms with van der Waals surface area (Å²) >= 11 is 0. The van der Waals surface area contributed by atoms with Crippen LogP contribution in [0.25, 0.3) is 0 Å². The Labute approximate surface area is 120 Å². The largest absolute Gasteiger partial charge is 0.338 e. The predicted molar refractivity (Wildman–Crippen MR) is 80.4 cm³/mol. The molecule has 1 aliphatic heterocycles. The molecule has 0 aromatic heterocycles. The molecule has 1 aromatic rings. The first-order chi connectivity index (χ1) is 9.49. The fourth-order valence-corrected chi connectivity index (χ4v) is 3.09. The van der Waals surface area contributed by atoms with Crippen molar-refractivity contribution in [3.63, 3.8) is 0 Å². The molecule has 4 heteroatoms. The SMILES string of the molecule is Cc1ccc(N2NC3(CCC(C)CC3)NC2=O)cc1C. The highest BCUT2D eigenvalue weighted by Gasteiger charge is 2.44. The molecule has 2 N–H and O–H groups in total. The van der Waals surface area contributed by atoms with E-state index in [-0.39, 0.29) is 11.7 Å². The summed E-state index contributed by atoms with van der Waals surface area (Å²) in [5.41, 5.74) is 6.55. The molecule has 2 aliphatic rings. The van der Waals surface area contributed by atoms with E-state index in [9.17, 15) is 4.79 Å². The van der Waals surface area contributed by atoms with Crippen molar-refractivity contribution in [2.24, 2.45) is 5.92 Å². The van der Waals surface area contributed by atoms with Gasteiger partial charge in [0.15, 0.2) is 0 Å². The van der Waals surface area contributed by atoms with Gasteiger partial charge in [0.2, 0.25) is 0 Å². The lowest BCUT2D eigenvalue weighted by Gasteiger charge is -2.35. The summed E-state index contributed by atoms with van der Waals surface area (Å²) in [4.78, 5) is 12.3. The Kier molecular flexibility index (Phi) is 3.21. The van der Waals surface area contributed by atoms with E-state index in [4.69, 9.17) is 0 Å². The Morgan fingerprint density at radius 1 is 1.20 bits per heavy atom. The van der Waals surface area contributed by atoms with Gasteiger partial charge in [-0.3, -0.25) is 0 Å². The minimum Gasteiger partial charge on any atom is -0.317 e. The highest BCUT2D eigenvalue weighted by molar-refractivity contribution is 5.94. The van der Waals surface area contributed by atoms with Gasteiger partial charge in [-0.1, -0.05) is 13.0 Å². The molecule has 1 saturated heterocycles. The van der Waals surface area contributed by atoms with Crippen molar-refractivity contribution in [1.82, 2.24) is 10.7 Å². The summed E-state index contributed by atoms with van der Waals surface area (Å²) in [6.07, 6.45) is 4.32. The van der Waals surface area contributed by atoms with E-state index in [2.05, 4.69) is 43.6 Å². The van der Waals surface area contributed by atoms with E-state index in [0.29, 0.717) is 0 Å². The van der Waals surface area contributed by atoms with E-state index in [0.717, 1.165) is 37.3 Å². The molecule has 1 aliphatic carbocycles. The van der Waals surface area contributed by atoms with Gasteiger partial charge >= 0.3 is 6.03 Å². The predicted octanol–water partition coefficient (Wildman–Crippen LogP) is 3.24. The summed E-state index contributed by atoms with van der Waals surface area (Å²) in [6.45, 7) is 6.44. The number of rotatable bonds is 1. The zero-order chi connectivity index (χ0) is 14.3. The first-order valence-corrected chi connectivity index (χ1v) is 7.46. The van der Waals surface area contributed by atoms with Crippen LogP contribution in [0, 0.1) is 19.8 Å². The number of anilines is 1.